The van der Waals surface area contributed by atoms with Gasteiger partial charge in [0.25, 0.3) is 0 Å². The van der Waals surface area contributed by atoms with Gasteiger partial charge in [0.05, 0.1) is 12.2 Å². The second-order valence-corrected chi connectivity index (χ2v) is 7.97. The third-order valence-electron chi connectivity index (χ3n) is 5.91. The zero-order valence-electron chi connectivity index (χ0n) is 17.3. The highest BCUT2D eigenvalue weighted by atomic mass is 16.5. The maximum Gasteiger partial charge on any atom is 0.338 e. The number of ether oxygens (including phenoxy) is 2. The van der Waals surface area contributed by atoms with Crippen LogP contribution in [-0.4, -0.2) is 12.6 Å². The average molecular weight is 381 g/mol. The van der Waals surface area contributed by atoms with E-state index in [0.29, 0.717) is 18.1 Å². The molecule has 0 spiro atoms. The lowest BCUT2D eigenvalue weighted by Gasteiger charge is -2.34. The summed E-state index contributed by atoms with van der Waals surface area (Å²) >= 11 is 0. The van der Waals surface area contributed by atoms with Gasteiger partial charge in [-0.1, -0.05) is 45.2 Å². The fraction of sp³-hybridized carbons (Fsp3) is 0.480. The van der Waals surface area contributed by atoms with Crippen LogP contribution in [0.15, 0.2) is 48.5 Å². The molecule has 0 N–H and O–H groups in total. The van der Waals surface area contributed by atoms with Crippen LogP contribution in [0.25, 0.3) is 0 Å². The normalized spacial score (nSPS) is 21.9. The van der Waals surface area contributed by atoms with Gasteiger partial charge in [-0.05, 0) is 79.5 Å². The van der Waals surface area contributed by atoms with Crippen molar-refractivity contribution in [3.05, 3.63) is 59.7 Å². The van der Waals surface area contributed by atoms with Gasteiger partial charge in [0.15, 0.2) is 0 Å². The SMILES string of the molecule is CCCC1CCC(C)C(c2ccc(Oc3ccc(C(=O)OCC)cc3)cc2)C1. The topological polar surface area (TPSA) is 35.5 Å². The Morgan fingerprint density at radius 2 is 1.61 bits per heavy atom. The Kier molecular flexibility index (Phi) is 7.13. The Morgan fingerprint density at radius 3 is 2.21 bits per heavy atom. The molecule has 2 aromatic rings. The van der Waals surface area contributed by atoms with E-state index in [1.807, 2.05) is 0 Å². The van der Waals surface area contributed by atoms with Crippen LogP contribution in [0.2, 0.25) is 0 Å². The van der Waals surface area contributed by atoms with E-state index in [2.05, 4.69) is 38.1 Å². The molecule has 2 aromatic carbocycles. The minimum Gasteiger partial charge on any atom is -0.462 e. The van der Waals surface area contributed by atoms with E-state index < -0.39 is 0 Å². The Balaban J connectivity index is 1.63. The molecule has 3 rings (SSSR count). The van der Waals surface area contributed by atoms with Gasteiger partial charge in [-0.3, -0.25) is 0 Å². The molecule has 0 aliphatic heterocycles. The molecule has 0 saturated heterocycles. The highest BCUT2D eigenvalue weighted by molar-refractivity contribution is 5.89. The van der Waals surface area contributed by atoms with E-state index >= 15 is 0 Å². The van der Waals surface area contributed by atoms with Crippen molar-refractivity contribution in [3.63, 3.8) is 0 Å². The van der Waals surface area contributed by atoms with Crippen molar-refractivity contribution in [2.24, 2.45) is 11.8 Å². The van der Waals surface area contributed by atoms with Crippen molar-refractivity contribution >= 4 is 5.97 Å². The molecule has 0 radical (unpaired) electrons. The molecule has 1 aliphatic rings. The standard InChI is InChI=1S/C25H32O3/c1-4-6-19-8-7-18(3)24(17-19)20-9-13-22(14-10-20)28-23-15-11-21(12-16-23)25(26)27-5-2/h9-16,18-19,24H,4-8,17H2,1-3H3. The fourth-order valence-corrected chi connectivity index (χ4v) is 4.34. The van der Waals surface area contributed by atoms with Crippen LogP contribution in [0.3, 0.4) is 0 Å². The molecular weight excluding hydrogens is 348 g/mol. The number of hydrogen-bond acceptors (Lipinski definition) is 3. The Hall–Kier alpha value is -2.29. The first-order valence-corrected chi connectivity index (χ1v) is 10.7. The lowest BCUT2D eigenvalue weighted by Crippen LogP contribution is -2.21. The van der Waals surface area contributed by atoms with Crippen molar-refractivity contribution in [2.75, 3.05) is 6.61 Å². The van der Waals surface area contributed by atoms with Crippen LogP contribution in [0.5, 0.6) is 11.5 Å². The molecule has 3 atom stereocenters. The number of carbonyl (C=O) groups excluding carboxylic acids is 1. The predicted octanol–water partition coefficient (Wildman–Crippen LogP) is 6.98. The third kappa shape index (κ3) is 5.15. The molecule has 0 bridgehead atoms. The zero-order chi connectivity index (χ0) is 19.9. The quantitative estimate of drug-likeness (QED) is 0.486. The van der Waals surface area contributed by atoms with E-state index in [1.54, 1.807) is 31.2 Å². The third-order valence-corrected chi connectivity index (χ3v) is 5.91. The van der Waals surface area contributed by atoms with E-state index in [1.165, 1.54) is 37.7 Å². The van der Waals surface area contributed by atoms with Gasteiger partial charge in [-0.2, -0.15) is 0 Å². The van der Waals surface area contributed by atoms with Crippen LogP contribution in [0.4, 0.5) is 0 Å². The minimum atomic E-state index is -0.304. The number of benzene rings is 2. The van der Waals surface area contributed by atoms with Gasteiger partial charge < -0.3 is 9.47 Å². The summed E-state index contributed by atoms with van der Waals surface area (Å²) in [6, 6.07) is 15.6. The Bertz CT molecular complexity index is 748. The summed E-state index contributed by atoms with van der Waals surface area (Å²) < 4.78 is 11.0. The largest absolute Gasteiger partial charge is 0.462 e. The summed E-state index contributed by atoms with van der Waals surface area (Å²) in [5.74, 6) is 3.51. The number of hydrogen-bond donors (Lipinski definition) is 0. The van der Waals surface area contributed by atoms with Crippen molar-refractivity contribution in [3.8, 4) is 11.5 Å². The van der Waals surface area contributed by atoms with E-state index in [4.69, 9.17) is 9.47 Å². The molecule has 0 amide bonds. The monoisotopic (exact) mass is 380 g/mol. The number of rotatable bonds is 7. The van der Waals surface area contributed by atoms with Crippen LogP contribution >= 0.6 is 0 Å². The van der Waals surface area contributed by atoms with Crippen molar-refractivity contribution in [1.82, 2.24) is 0 Å². The molecule has 1 aliphatic carbocycles. The van der Waals surface area contributed by atoms with Crippen LogP contribution in [-0.2, 0) is 4.74 Å². The van der Waals surface area contributed by atoms with Gasteiger partial charge in [0.2, 0.25) is 0 Å². The summed E-state index contributed by atoms with van der Waals surface area (Å²) in [5.41, 5.74) is 1.97. The Labute approximate surface area is 169 Å². The van der Waals surface area contributed by atoms with E-state index in [0.717, 1.165) is 23.3 Å². The summed E-state index contributed by atoms with van der Waals surface area (Å²) in [7, 11) is 0. The molecule has 0 heterocycles. The second kappa shape index (κ2) is 9.77. The molecule has 1 fully saturated rings. The minimum absolute atomic E-state index is 0.304. The molecule has 150 valence electrons. The molecule has 1 saturated carbocycles. The van der Waals surface area contributed by atoms with Gasteiger partial charge >= 0.3 is 5.97 Å². The fourth-order valence-electron chi connectivity index (χ4n) is 4.34. The molecule has 28 heavy (non-hydrogen) atoms. The van der Waals surface area contributed by atoms with Crippen molar-refractivity contribution < 1.29 is 14.3 Å². The highest BCUT2D eigenvalue weighted by Gasteiger charge is 2.28. The first-order valence-electron chi connectivity index (χ1n) is 10.7. The predicted molar refractivity (Wildman–Crippen MR) is 113 cm³/mol. The number of esters is 1. The van der Waals surface area contributed by atoms with Crippen LogP contribution in [0, 0.1) is 11.8 Å². The van der Waals surface area contributed by atoms with Gasteiger partial charge in [0, 0.05) is 0 Å². The van der Waals surface area contributed by atoms with Gasteiger partial charge in [-0.25, -0.2) is 4.79 Å². The summed E-state index contributed by atoms with van der Waals surface area (Å²) in [4.78, 5) is 11.7. The lowest BCUT2D eigenvalue weighted by molar-refractivity contribution is 0.0526. The zero-order valence-corrected chi connectivity index (χ0v) is 17.3. The first-order chi connectivity index (χ1) is 13.6. The van der Waals surface area contributed by atoms with Crippen molar-refractivity contribution in [1.29, 1.82) is 0 Å². The van der Waals surface area contributed by atoms with Gasteiger partial charge in [0.1, 0.15) is 11.5 Å². The molecule has 3 nitrogen and oxygen atoms in total. The van der Waals surface area contributed by atoms with Crippen LogP contribution < -0.4 is 4.74 Å². The Morgan fingerprint density at radius 1 is 0.964 bits per heavy atom. The molecule has 3 unspecified atom stereocenters. The molecule has 3 heteroatoms. The maximum absolute atomic E-state index is 11.7. The second-order valence-electron chi connectivity index (χ2n) is 7.97. The first kappa shape index (κ1) is 20.4. The van der Waals surface area contributed by atoms with Crippen molar-refractivity contribution in [2.45, 2.75) is 58.8 Å². The molecular formula is C25H32O3. The van der Waals surface area contributed by atoms with E-state index in [9.17, 15) is 4.79 Å². The lowest BCUT2D eigenvalue weighted by atomic mass is 9.71. The summed E-state index contributed by atoms with van der Waals surface area (Å²) in [6.45, 7) is 6.86. The molecule has 0 aromatic heterocycles. The summed E-state index contributed by atoms with van der Waals surface area (Å²) in [6.07, 6.45) is 6.67. The van der Waals surface area contributed by atoms with E-state index in [-0.39, 0.29) is 5.97 Å². The highest BCUT2D eigenvalue weighted by Crippen LogP contribution is 2.42. The van der Waals surface area contributed by atoms with Crippen LogP contribution in [0.1, 0.15) is 74.7 Å². The number of carbonyl (C=O) groups is 1. The maximum atomic E-state index is 11.7. The van der Waals surface area contributed by atoms with Gasteiger partial charge in [-0.15, -0.1) is 0 Å². The average Bonchev–Trinajstić information content (AvgIpc) is 2.71. The smallest absolute Gasteiger partial charge is 0.338 e. The summed E-state index contributed by atoms with van der Waals surface area (Å²) in [5, 5.41) is 0.